The maximum Gasteiger partial charge on any atom is 0.307 e. The van der Waals surface area contributed by atoms with Crippen LogP contribution in [0.2, 0.25) is 0 Å². The fourth-order valence-electron chi connectivity index (χ4n) is 2.67. The first-order chi connectivity index (χ1) is 13.6. The van der Waals surface area contributed by atoms with E-state index in [0.717, 1.165) is 28.2 Å². The SMILES string of the molecule is CC(=CCOc1ccc(CC(=O)O)cc1)c1ccc(Oc2ccccc2)cc1. The van der Waals surface area contributed by atoms with E-state index in [1.54, 1.807) is 24.3 Å². The van der Waals surface area contributed by atoms with Crippen molar-refractivity contribution in [3.05, 3.63) is 96.1 Å². The molecule has 4 nitrogen and oxygen atoms in total. The van der Waals surface area contributed by atoms with Gasteiger partial charge < -0.3 is 14.6 Å². The van der Waals surface area contributed by atoms with Crippen molar-refractivity contribution in [2.24, 2.45) is 0 Å². The largest absolute Gasteiger partial charge is 0.490 e. The third-order valence-electron chi connectivity index (χ3n) is 4.21. The molecule has 0 aliphatic carbocycles. The van der Waals surface area contributed by atoms with Crippen LogP contribution in [0.15, 0.2) is 84.9 Å². The van der Waals surface area contributed by atoms with Crippen LogP contribution in [0, 0.1) is 0 Å². The maximum absolute atomic E-state index is 10.7. The van der Waals surface area contributed by atoms with Crippen LogP contribution < -0.4 is 9.47 Å². The summed E-state index contributed by atoms with van der Waals surface area (Å²) in [4.78, 5) is 10.7. The van der Waals surface area contributed by atoms with Crippen LogP contribution in [0.3, 0.4) is 0 Å². The number of hydrogen-bond acceptors (Lipinski definition) is 3. The van der Waals surface area contributed by atoms with E-state index < -0.39 is 5.97 Å². The number of allylic oxidation sites excluding steroid dienone is 1. The molecule has 0 amide bonds. The topological polar surface area (TPSA) is 55.8 Å². The van der Waals surface area contributed by atoms with Crippen LogP contribution in [-0.4, -0.2) is 17.7 Å². The highest BCUT2D eigenvalue weighted by Gasteiger charge is 2.02. The number of hydrogen-bond donors (Lipinski definition) is 1. The van der Waals surface area contributed by atoms with E-state index in [2.05, 4.69) is 0 Å². The minimum absolute atomic E-state index is 0.0171. The zero-order valence-corrected chi connectivity index (χ0v) is 15.7. The number of carboxylic acids is 1. The fourth-order valence-corrected chi connectivity index (χ4v) is 2.67. The van der Waals surface area contributed by atoms with Gasteiger partial charge in [0, 0.05) is 0 Å². The lowest BCUT2D eigenvalue weighted by Crippen LogP contribution is -2.00. The minimum Gasteiger partial charge on any atom is -0.490 e. The van der Waals surface area contributed by atoms with Crippen molar-refractivity contribution in [2.75, 3.05) is 6.61 Å². The second-order valence-electron chi connectivity index (χ2n) is 6.35. The van der Waals surface area contributed by atoms with Gasteiger partial charge in [0.1, 0.15) is 23.9 Å². The first-order valence-electron chi connectivity index (χ1n) is 9.04. The molecular weight excluding hydrogens is 352 g/mol. The predicted octanol–water partition coefficient (Wildman–Crippen LogP) is 5.59. The summed E-state index contributed by atoms with van der Waals surface area (Å²) in [5.74, 6) is 1.47. The molecule has 3 rings (SSSR count). The maximum atomic E-state index is 10.7. The monoisotopic (exact) mass is 374 g/mol. The Hall–Kier alpha value is -3.53. The molecule has 142 valence electrons. The third kappa shape index (κ3) is 5.74. The standard InChI is InChI=1S/C24H22O4/c1-18(15-16-27-21-11-7-19(8-12-21)17-24(25)26)20-9-13-23(14-10-20)28-22-5-3-2-4-6-22/h2-15H,16-17H2,1H3,(H,25,26). The Kier molecular flexibility index (Phi) is 6.47. The molecule has 0 heterocycles. The summed E-state index contributed by atoms with van der Waals surface area (Å²) >= 11 is 0. The van der Waals surface area contributed by atoms with Crippen molar-refractivity contribution in [3.8, 4) is 17.2 Å². The summed E-state index contributed by atoms with van der Waals surface area (Å²) in [6.45, 7) is 2.47. The van der Waals surface area contributed by atoms with Gasteiger partial charge in [0.05, 0.1) is 6.42 Å². The van der Waals surface area contributed by atoms with Crippen molar-refractivity contribution < 1.29 is 19.4 Å². The lowest BCUT2D eigenvalue weighted by molar-refractivity contribution is -0.136. The molecule has 0 bridgehead atoms. The van der Waals surface area contributed by atoms with Crippen LogP contribution >= 0.6 is 0 Å². The molecule has 0 aliphatic rings. The summed E-state index contributed by atoms with van der Waals surface area (Å²) < 4.78 is 11.5. The molecule has 0 saturated heterocycles. The number of para-hydroxylation sites is 1. The average molecular weight is 374 g/mol. The number of carbonyl (C=O) groups is 1. The lowest BCUT2D eigenvalue weighted by Gasteiger charge is -2.08. The van der Waals surface area contributed by atoms with Crippen molar-refractivity contribution in [1.29, 1.82) is 0 Å². The van der Waals surface area contributed by atoms with E-state index in [1.807, 2.05) is 67.6 Å². The summed E-state index contributed by atoms with van der Waals surface area (Å²) in [5, 5.41) is 8.79. The van der Waals surface area contributed by atoms with Crippen LogP contribution in [0.5, 0.6) is 17.2 Å². The molecule has 3 aromatic carbocycles. The highest BCUT2D eigenvalue weighted by Crippen LogP contribution is 2.23. The van der Waals surface area contributed by atoms with Crippen molar-refractivity contribution in [2.45, 2.75) is 13.3 Å². The van der Waals surface area contributed by atoms with E-state index in [9.17, 15) is 4.79 Å². The molecule has 0 unspecified atom stereocenters. The fraction of sp³-hybridized carbons (Fsp3) is 0.125. The Morgan fingerprint density at radius 2 is 1.46 bits per heavy atom. The minimum atomic E-state index is -0.840. The van der Waals surface area contributed by atoms with Gasteiger partial charge in [-0.15, -0.1) is 0 Å². The lowest BCUT2D eigenvalue weighted by atomic mass is 10.1. The molecule has 0 radical (unpaired) electrons. The molecule has 1 N–H and O–H groups in total. The van der Waals surface area contributed by atoms with Crippen molar-refractivity contribution >= 4 is 11.5 Å². The number of rotatable bonds is 8. The summed E-state index contributed by atoms with van der Waals surface area (Å²) in [5.41, 5.74) is 2.96. The van der Waals surface area contributed by atoms with E-state index in [1.165, 1.54) is 0 Å². The molecule has 4 heteroatoms. The highest BCUT2D eigenvalue weighted by molar-refractivity contribution is 5.70. The highest BCUT2D eigenvalue weighted by atomic mass is 16.5. The molecule has 3 aromatic rings. The first kappa shape index (κ1) is 19.2. The number of ether oxygens (including phenoxy) is 2. The van der Waals surface area contributed by atoms with Gasteiger partial charge in [-0.1, -0.05) is 42.5 Å². The predicted molar refractivity (Wildman–Crippen MR) is 110 cm³/mol. The Balaban J connectivity index is 1.54. The normalized spacial score (nSPS) is 11.1. The number of benzene rings is 3. The van der Waals surface area contributed by atoms with Gasteiger partial charge in [-0.05, 0) is 66.1 Å². The van der Waals surface area contributed by atoms with Gasteiger partial charge in [-0.3, -0.25) is 4.79 Å². The number of carboxylic acid groups (broad SMARTS) is 1. The van der Waals surface area contributed by atoms with Crippen molar-refractivity contribution in [3.63, 3.8) is 0 Å². The first-order valence-corrected chi connectivity index (χ1v) is 9.04. The van der Waals surface area contributed by atoms with E-state index >= 15 is 0 Å². The Bertz CT molecular complexity index is 927. The van der Waals surface area contributed by atoms with Crippen LogP contribution in [0.1, 0.15) is 18.1 Å². The second-order valence-corrected chi connectivity index (χ2v) is 6.35. The molecule has 0 saturated carbocycles. The number of aliphatic carboxylic acids is 1. The average Bonchev–Trinajstić information content (AvgIpc) is 2.70. The Morgan fingerprint density at radius 1 is 0.857 bits per heavy atom. The Morgan fingerprint density at radius 3 is 2.11 bits per heavy atom. The summed E-state index contributed by atoms with van der Waals surface area (Å²) in [7, 11) is 0. The van der Waals surface area contributed by atoms with Gasteiger partial charge in [0.25, 0.3) is 0 Å². The summed E-state index contributed by atoms with van der Waals surface area (Å²) in [6, 6.07) is 24.7. The smallest absolute Gasteiger partial charge is 0.307 e. The second kappa shape index (κ2) is 9.42. The molecule has 0 spiro atoms. The quantitative estimate of drug-likeness (QED) is 0.558. The van der Waals surface area contributed by atoms with Gasteiger partial charge in [0.15, 0.2) is 0 Å². The van der Waals surface area contributed by atoms with Gasteiger partial charge in [0.2, 0.25) is 0 Å². The van der Waals surface area contributed by atoms with Crippen LogP contribution in [-0.2, 0) is 11.2 Å². The zero-order valence-electron chi connectivity index (χ0n) is 15.7. The Labute approximate surface area is 164 Å². The zero-order chi connectivity index (χ0) is 19.8. The van der Waals surface area contributed by atoms with E-state index in [-0.39, 0.29) is 6.42 Å². The molecule has 0 atom stereocenters. The van der Waals surface area contributed by atoms with E-state index in [4.69, 9.17) is 14.6 Å². The molecule has 0 fully saturated rings. The third-order valence-corrected chi connectivity index (χ3v) is 4.21. The van der Waals surface area contributed by atoms with Gasteiger partial charge >= 0.3 is 5.97 Å². The molecule has 0 aliphatic heterocycles. The molecule has 28 heavy (non-hydrogen) atoms. The van der Waals surface area contributed by atoms with E-state index in [0.29, 0.717) is 12.4 Å². The molecular formula is C24H22O4. The molecule has 0 aromatic heterocycles. The van der Waals surface area contributed by atoms with Gasteiger partial charge in [-0.25, -0.2) is 0 Å². The van der Waals surface area contributed by atoms with Crippen LogP contribution in [0.4, 0.5) is 0 Å². The van der Waals surface area contributed by atoms with Gasteiger partial charge in [-0.2, -0.15) is 0 Å². The van der Waals surface area contributed by atoms with Crippen molar-refractivity contribution in [1.82, 2.24) is 0 Å². The summed E-state index contributed by atoms with van der Waals surface area (Å²) in [6.07, 6.45) is 2.03. The van der Waals surface area contributed by atoms with Crippen LogP contribution in [0.25, 0.3) is 5.57 Å².